The van der Waals surface area contributed by atoms with Crippen molar-refractivity contribution < 1.29 is 13.2 Å². The van der Waals surface area contributed by atoms with Crippen LogP contribution in [0.15, 0.2) is 30.3 Å². The van der Waals surface area contributed by atoms with E-state index in [0.717, 1.165) is 25.9 Å². The summed E-state index contributed by atoms with van der Waals surface area (Å²) in [7, 11) is -3.39. The topological polar surface area (TPSA) is 57.7 Å². The van der Waals surface area contributed by atoms with Crippen LogP contribution in [0.1, 0.15) is 26.2 Å². The lowest BCUT2D eigenvalue weighted by molar-refractivity contribution is -0.132. The van der Waals surface area contributed by atoms with Crippen molar-refractivity contribution >= 4 is 21.6 Å². The van der Waals surface area contributed by atoms with Crippen molar-refractivity contribution in [3.63, 3.8) is 0 Å². The Morgan fingerprint density at radius 3 is 2.59 bits per heavy atom. The van der Waals surface area contributed by atoms with Gasteiger partial charge in [0.1, 0.15) is 0 Å². The highest BCUT2D eigenvalue weighted by Crippen LogP contribution is 2.19. The highest BCUT2D eigenvalue weighted by atomic mass is 32.2. The minimum absolute atomic E-state index is 0.0381. The van der Waals surface area contributed by atoms with E-state index in [1.165, 1.54) is 10.6 Å². The second-order valence-corrected chi connectivity index (χ2v) is 7.91. The molecule has 1 aromatic rings. The summed E-state index contributed by atoms with van der Waals surface area (Å²) in [6, 6.07) is 8.91. The quantitative estimate of drug-likeness (QED) is 0.833. The smallest absolute Gasteiger partial charge is 0.232 e. The van der Waals surface area contributed by atoms with E-state index in [0.29, 0.717) is 11.6 Å². The molecule has 1 heterocycles. The van der Waals surface area contributed by atoms with Gasteiger partial charge >= 0.3 is 0 Å². The monoisotopic (exact) mass is 324 g/mol. The van der Waals surface area contributed by atoms with Gasteiger partial charge in [-0.25, -0.2) is 8.42 Å². The van der Waals surface area contributed by atoms with Crippen LogP contribution in [0, 0.1) is 5.92 Å². The van der Waals surface area contributed by atoms with Crippen molar-refractivity contribution in [3.8, 4) is 0 Å². The molecule has 1 aliphatic heterocycles. The first-order valence-corrected chi connectivity index (χ1v) is 9.53. The molecule has 0 saturated carbocycles. The number of nitrogens with zero attached hydrogens (tertiary/aromatic N) is 2. The fourth-order valence-corrected chi connectivity index (χ4v) is 3.78. The predicted molar refractivity (Wildman–Crippen MR) is 88.2 cm³/mol. The van der Waals surface area contributed by atoms with Gasteiger partial charge in [0.25, 0.3) is 0 Å². The second-order valence-electron chi connectivity index (χ2n) is 6.01. The number of carbonyl (C=O) groups is 1. The lowest BCUT2D eigenvalue weighted by Crippen LogP contribution is -2.41. The molecule has 122 valence electrons. The number of hydrogen-bond donors (Lipinski definition) is 0. The molecule has 0 radical (unpaired) electrons. The Morgan fingerprint density at radius 2 is 2.00 bits per heavy atom. The molecule has 1 amide bonds. The molecule has 0 aliphatic carbocycles. The molecule has 0 aromatic heterocycles. The number of sulfonamides is 1. The minimum Gasteiger partial charge on any atom is -0.342 e. The van der Waals surface area contributed by atoms with Gasteiger partial charge in [0.2, 0.25) is 15.9 Å². The average Bonchev–Trinajstić information content (AvgIpc) is 2.47. The van der Waals surface area contributed by atoms with Crippen molar-refractivity contribution in [2.45, 2.75) is 26.2 Å². The number of para-hydroxylation sites is 1. The summed E-state index contributed by atoms with van der Waals surface area (Å²) < 4.78 is 25.3. The molecule has 0 spiro atoms. The first-order valence-electron chi connectivity index (χ1n) is 7.68. The summed E-state index contributed by atoms with van der Waals surface area (Å²) in [5.41, 5.74) is 0.602. The van der Waals surface area contributed by atoms with E-state index in [-0.39, 0.29) is 18.9 Å². The molecule has 1 unspecified atom stereocenters. The van der Waals surface area contributed by atoms with Crippen molar-refractivity contribution in [2.24, 2.45) is 5.92 Å². The first kappa shape index (κ1) is 16.8. The fourth-order valence-electron chi connectivity index (χ4n) is 2.85. The molecular weight excluding hydrogens is 300 g/mol. The van der Waals surface area contributed by atoms with Gasteiger partial charge in [-0.15, -0.1) is 0 Å². The third kappa shape index (κ3) is 4.47. The summed E-state index contributed by atoms with van der Waals surface area (Å²) in [4.78, 5) is 14.2. The van der Waals surface area contributed by atoms with E-state index in [4.69, 9.17) is 0 Å². The van der Waals surface area contributed by atoms with Gasteiger partial charge < -0.3 is 4.90 Å². The van der Waals surface area contributed by atoms with Crippen molar-refractivity contribution in [1.82, 2.24) is 4.90 Å². The van der Waals surface area contributed by atoms with Gasteiger partial charge in [0, 0.05) is 26.1 Å². The number of hydrogen-bond acceptors (Lipinski definition) is 3. The molecule has 1 atom stereocenters. The number of likely N-dealkylation sites (tertiary alicyclic amines) is 1. The van der Waals surface area contributed by atoms with Crippen molar-refractivity contribution in [1.29, 1.82) is 0 Å². The van der Waals surface area contributed by atoms with Gasteiger partial charge in [-0.3, -0.25) is 9.10 Å². The van der Waals surface area contributed by atoms with E-state index in [2.05, 4.69) is 6.92 Å². The molecule has 22 heavy (non-hydrogen) atoms. The van der Waals surface area contributed by atoms with Crippen LogP contribution in [0.25, 0.3) is 0 Å². The molecule has 1 aliphatic rings. The number of benzene rings is 1. The third-order valence-electron chi connectivity index (χ3n) is 3.98. The molecule has 0 N–H and O–H groups in total. The summed E-state index contributed by atoms with van der Waals surface area (Å²) in [5.74, 6) is 0.564. The maximum atomic E-state index is 12.3. The maximum Gasteiger partial charge on any atom is 0.232 e. The SMILES string of the molecule is CC1CCCN(C(=O)CCN(c2ccccc2)S(C)(=O)=O)C1. The van der Waals surface area contributed by atoms with Gasteiger partial charge in [-0.05, 0) is 30.9 Å². The summed E-state index contributed by atoms with van der Waals surface area (Å²) in [6.45, 7) is 3.90. The Balaban J connectivity index is 2.01. The molecule has 5 nitrogen and oxygen atoms in total. The normalized spacial score (nSPS) is 19.0. The van der Waals surface area contributed by atoms with E-state index >= 15 is 0 Å². The number of rotatable bonds is 5. The lowest BCUT2D eigenvalue weighted by atomic mass is 10.00. The van der Waals surface area contributed by atoms with Crippen LogP contribution in [-0.2, 0) is 14.8 Å². The Hall–Kier alpha value is -1.56. The van der Waals surface area contributed by atoms with E-state index in [9.17, 15) is 13.2 Å². The number of carbonyl (C=O) groups excluding carboxylic acids is 1. The van der Waals surface area contributed by atoms with Crippen LogP contribution < -0.4 is 4.31 Å². The van der Waals surface area contributed by atoms with E-state index in [1.54, 1.807) is 24.3 Å². The van der Waals surface area contributed by atoms with Crippen molar-refractivity contribution in [3.05, 3.63) is 30.3 Å². The number of piperidine rings is 1. The Labute approximate surface area is 133 Å². The Bertz CT molecular complexity index is 601. The van der Waals surface area contributed by atoms with Crippen LogP contribution in [0.3, 0.4) is 0 Å². The summed E-state index contributed by atoms with van der Waals surface area (Å²) >= 11 is 0. The van der Waals surface area contributed by atoms with Gasteiger partial charge in [0.15, 0.2) is 0 Å². The van der Waals surface area contributed by atoms with E-state index in [1.807, 2.05) is 11.0 Å². The summed E-state index contributed by atoms with van der Waals surface area (Å²) in [5, 5.41) is 0. The van der Waals surface area contributed by atoms with Crippen molar-refractivity contribution in [2.75, 3.05) is 30.2 Å². The molecule has 2 rings (SSSR count). The molecule has 0 bridgehead atoms. The van der Waals surface area contributed by atoms with Gasteiger partial charge in [-0.2, -0.15) is 0 Å². The zero-order valence-corrected chi connectivity index (χ0v) is 14.1. The molecular formula is C16H24N2O3S. The second kappa shape index (κ2) is 7.13. The van der Waals surface area contributed by atoms with E-state index < -0.39 is 10.0 Å². The van der Waals surface area contributed by atoms with Crippen LogP contribution in [0.4, 0.5) is 5.69 Å². The van der Waals surface area contributed by atoms with Crippen LogP contribution >= 0.6 is 0 Å². The molecule has 6 heteroatoms. The minimum atomic E-state index is -3.39. The molecule has 1 saturated heterocycles. The van der Waals surface area contributed by atoms with Gasteiger partial charge in [0.05, 0.1) is 11.9 Å². The van der Waals surface area contributed by atoms with Crippen LogP contribution in [-0.4, -0.2) is 45.1 Å². The molecule has 1 aromatic carbocycles. The van der Waals surface area contributed by atoms with Gasteiger partial charge in [-0.1, -0.05) is 25.1 Å². The lowest BCUT2D eigenvalue weighted by Gasteiger charge is -2.31. The third-order valence-corrected chi connectivity index (χ3v) is 5.18. The Kier molecular flexibility index (Phi) is 5.45. The summed E-state index contributed by atoms with van der Waals surface area (Å²) in [6.07, 6.45) is 3.58. The zero-order valence-electron chi connectivity index (χ0n) is 13.2. The van der Waals surface area contributed by atoms with Crippen LogP contribution in [0.5, 0.6) is 0 Å². The molecule has 1 fully saturated rings. The first-order chi connectivity index (χ1) is 10.4. The highest BCUT2D eigenvalue weighted by Gasteiger charge is 2.23. The average molecular weight is 324 g/mol. The largest absolute Gasteiger partial charge is 0.342 e. The standard InChI is InChI=1S/C16H24N2O3S/c1-14-7-6-11-17(13-14)16(19)10-12-18(22(2,20)21)15-8-4-3-5-9-15/h3-5,8-9,14H,6-7,10-13H2,1-2H3. The highest BCUT2D eigenvalue weighted by molar-refractivity contribution is 7.92. The number of amides is 1. The van der Waals surface area contributed by atoms with Crippen LogP contribution in [0.2, 0.25) is 0 Å². The maximum absolute atomic E-state index is 12.3. The fraction of sp³-hybridized carbons (Fsp3) is 0.562. The predicted octanol–water partition coefficient (Wildman–Crippen LogP) is 2.10. The Morgan fingerprint density at radius 1 is 1.32 bits per heavy atom. The number of anilines is 1. The zero-order chi connectivity index (χ0) is 16.2.